The van der Waals surface area contributed by atoms with E-state index < -0.39 is 28.3 Å². The number of halogens is 3. The van der Waals surface area contributed by atoms with E-state index in [-0.39, 0.29) is 11.4 Å². The van der Waals surface area contributed by atoms with Crippen LogP contribution in [-0.4, -0.2) is 15.8 Å². The van der Waals surface area contributed by atoms with Gasteiger partial charge in [-0.05, 0) is 12.1 Å². The summed E-state index contributed by atoms with van der Waals surface area (Å²) in [5.41, 5.74) is -2.60. The highest BCUT2D eigenvalue weighted by atomic mass is 19.4. The molecule has 0 aliphatic carbocycles. The van der Waals surface area contributed by atoms with Crippen LogP contribution in [0.15, 0.2) is 35.3 Å². The number of anilines is 1. The van der Waals surface area contributed by atoms with Gasteiger partial charge in [0.25, 0.3) is 11.6 Å². The minimum Gasteiger partial charge on any atom is -0.451 e. The Bertz CT molecular complexity index is 683. The zero-order valence-corrected chi connectivity index (χ0v) is 10.0. The van der Waals surface area contributed by atoms with Crippen molar-refractivity contribution in [2.75, 3.05) is 5.32 Å². The lowest BCUT2D eigenvalue weighted by Gasteiger charge is -2.09. The van der Waals surface area contributed by atoms with Gasteiger partial charge in [0.2, 0.25) is 0 Å². The van der Waals surface area contributed by atoms with Crippen LogP contribution < -0.4 is 5.32 Å². The van der Waals surface area contributed by atoms with Crippen molar-refractivity contribution in [3.63, 3.8) is 0 Å². The number of carbonyl (C=O) groups excluding carboxylic acids is 1. The van der Waals surface area contributed by atoms with Gasteiger partial charge in [0.15, 0.2) is 12.1 Å². The van der Waals surface area contributed by atoms with Crippen LogP contribution in [0.5, 0.6) is 0 Å². The molecule has 1 amide bonds. The highest BCUT2D eigenvalue weighted by Crippen LogP contribution is 2.35. The maximum Gasteiger partial charge on any atom is 0.416 e. The highest BCUT2D eigenvalue weighted by Gasteiger charge is 2.33. The number of nitro benzene ring substituents is 1. The number of nitrogens with one attached hydrogen (secondary N) is 1. The number of oxazole rings is 1. The van der Waals surface area contributed by atoms with E-state index >= 15 is 0 Å². The van der Waals surface area contributed by atoms with Gasteiger partial charge in [-0.1, -0.05) is 0 Å². The first kappa shape index (κ1) is 14.5. The molecule has 7 nitrogen and oxygen atoms in total. The van der Waals surface area contributed by atoms with Crippen molar-refractivity contribution < 1.29 is 27.3 Å². The Balaban J connectivity index is 2.35. The summed E-state index contributed by atoms with van der Waals surface area (Å²) in [5, 5.41) is 12.9. The first-order valence-electron chi connectivity index (χ1n) is 5.34. The molecule has 0 fully saturated rings. The predicted octanol–water partition coefficient (Wildman–Crippen LogP) is 2.85. The van der Waals surface area contributed by atoms with Gasteiger partial charge in [0.05, 0.1) is 10.5 Å². The molecule has 0 saturated heterocycles. The van der Waals surface area contributed by atoms with Crippen molar-refractivity contribution in [3.05, 3.63) is 52.2 Å². The lowest BCUT2D eigenvalue weighted by atomic mass is 10.1. The fraction of sp³-hybridized carbons (Fsp3) is 0.0909. The zero-order chi connectivity index (χ0) is 15.6. The Morgan fingerprint density at radius 2 is 2.10 bits per heavy atom. The normalized spacial score (nSPS) is 11.2. The molecule has 1 aromatic heterocycles. The number of nitrogens with zero attached hydrogens (tertiary/aromatic N) is 2. The summed E-state index contributed by atoms with van der Waals surface area (Å²) in [4.78, 5) is 25.0. The number of rotatable bonds is 3. The smallest absolute Gasteiger partial charge is 0.416 e. The largest absolute Gasteiger partial charge is 0.451 e. The Kier molecular flexibility index (Phi) is 3.61. The molecule has 1 heterocycles. The van der Waals surface area contributed by atoms with Gasteiger partial charge >= 0.3 is 6.18 Å². The van der Waals surface area contributed by atoms with Crippen LogP contribution >= 0.6 is 0 Å². The minimum absolute atomic E-state index is 0.163. The second kappa shape index (κ2) is 5.23. The third-order valence-corrected chi connectivity index (χ3v) is 2.43. The van der Waals surface area contributed by atoms with Crippen molar-refractivity contribution in [1.29, 1.82) is 0 Å². The molecule has 2 rings (SSSR count). The van der Waals surface area contributed by atoms with E-state index in [9.17, 15) is 28.1 Å². The van der Waals surface area contributed by atoms with Crippen molar-refractivity contribution in [2.45, 2.75) is 6.18 Å². The van der Waals surface area contributed by atoms with Crippen molar-refractivity contribution >= 4 is 17.3 Å². The van der Waals surface area contributed by atoms with Gasteiger partial charge in [0.1, 0.15) is 12.0 Å². The van der Waals surface area contributed by atoms with E-state index in [1.54, 1.807) is 0 Å². The fourth-order valence-corrected chi connectivity index (χ4v) is 1.48. The zero-order valence-electron chi connectivity index (χ0n) is 10.0. The van der Waals surface area contributed by atoms with Crippen molar-refractivity contribution in [2.24, 2.45) is 0 Å². The number of aromatic nitrogens is 1. The quantitative estimate of drug-likeness (QED) is 0.694. The molecule has 1 N–H and O–H groups in total. The second-order valence-corrected chi connectivity index (χ2v) is 3.81. The molecule has 1 aromatic carbocycles. The van der Waals surface area contributed by atoms with E-state index in [4.69, 9.17) is 0 Å². The molecule has 0 atom stereocenters. The van der Waals surface area contributed by atoms with Crippen molar-refractivity contribution in [1.82, 2.24) is 4.98 Å². The molecular formula is C11H6F3N3O4. The SMILES string of the molecule is O=C(Nc1ccc(C(F)(F)F)cc1[N+](=O)[O-])c1cocn1. The van der Waals surface area contributed by atoms with E-state index in [0.29, 0.717) is 12.1 Å². The minimum atomic E-state index is -4.72. The predicted molar refractivity (Wildman–Crippen MR) is 62.6 cm³/mol. The summed E-state index contributed by atoms with van der Waals surface area (Å²) in [5.74, 6) is -0.841. The van der Waals surface area contributed by atoms with Crippen molar-refractivity contribution in [3.8, 4) is 0 Å². The van der Waals surface area contributed by atoms with E-state index in [1.165, 1.54) is 0 Å². The molecule has 0 bridgehead atoms. The lowest BCUT2D eigenvalue weighted by Crippen LogP contribution is -2.14. The average molecular weight is 301 g/mol. The van der Waals surface area contributed by atoms with Gasteiger partial charge in [-0.2, -0.15) is 13.2 Å². The Labute approximate surface area is 114 Å². The lowest BCUT2D eigenvalue weighted by molar-refractivity contribution is -0.384. The van der Waals surface area contributed by atoms with Crippen LogP contribution in [0.4, 0.5) is 24.5 Å². The monoisotopic (exact) mass is 301 g/mol. The Morgan fingerprint density at radius 3 is 2.62 bits per heavy atom. The van der Waals surface area contributed by atoms with E-state index in [0.717, 1.165) is 18.7 Å². The summed E-state index contributed by atoms with van der Waals surface area (Å²) in [7, 11) is 0. The summed E-state index contributed by atoms with van der Waals surface area (Å²) in [6.07, 6.45) is -2.76. The topological polar surface area (TPSA) is 98.3 Å². The van der Waals surface area contributed by atoms with Gasteiger partial charge < -0.3 is 9.73 Å². The molecule has 0 unspecified atom stereocenters. The third kappa shape index (κ3) is 3.16. The molecular weight excluding hydrogens is 295 g/mol. The van der Waals surface area contributed by atoms with Gasteiger partial charge in [-0.15, -0.1) is 0 Å². The summed E-state index contributed by atoms with van der Waals surface area (Å²) < 4.78 is 42.1. The molecule has 0 aliphatic rings. The van der Waals surface area contributed by atoms with E-state index in [1.807, 2.05) is 0 Å². The van der Waals surface area contributed by atoms with Gasteiger partial charge in [0, 0.05) is 6.07 Å². The standard InChI is InChI=1S/C11H6F3N3O4/c12-11(13,14)6-1-2-7(9(3-6)17(19)20)16-10(18)8-4-21-5-15-8/h1-5H,(H,16,18). The number of benzene rings is 1. The maximum absolute atomic E-state index is 12.5. The Morgan fingerprint density at radius 1 is 1.38 bits per heavy atom. The molecule has 10 heteroatoms. The highest BCUT2D eigenvalue weighted by molar-refractivity contribution is 6.03. The number of hydrogen-bond donors (Lipinski definition) is 1. The van der Waals surface area contributed by atoms with Gasteiger partial charge in [-0.3, -0.25) is 14.9 Å². The van der Waals surface area contributed by atoms with Crippen LogP contribution in [0, 0.1) is 10.1 Å². The van der Waals surface area contributed by atoms with Crippen LogP contribution in [-0.2, 0) is 6.18 Å². The summed E-state index contributed by atoms with van der Waals surface area (Å²) in [6.45, 7) is 0. The number of carbonyl (C=O) groups is 1. The maximum atomic E-state index is 12.5. The van der Waals surface area contributed by atoms with Gasteiger partial charge in [-0.25, -0.2) is 4.98 Å². The molecule has 2 aromatic rings. The molecule has 0 spiro atoms. The number of alkyl halides is 3. The molecule has 21 heavy (non-hydrogen) atoms. The third-order valence-electron chi connectivity index (χ3n) is 2.43. The van der Waals surface area contributed by atoms with Crippen LogP contribution in [0.25, 0.3) is 0 Å². The first-order valence-corrected chi connectivity index (χ1v) is 5.34. The average Bonchev–Trinajstić information content (AvgIpc) is 2.91. The van der Waals surface area contributed by atoms with Crippen LogP contribution in [0.1, 0.15) is 16.1 Å². The molecule has 0 radical (unpaired) electrons. The van der Waals surface area contributed by atoms with Crippen LogP contribution in [0.2, 0.25) is 0 Å². The summed E-state index contributed by atoms with van der Waals surface area (Å²) in [6, 6.07) is 1.78. The second-order valence-electron chi connectivity index (χ2n) is 3.81. The number of amides is 1. The molecule has 0 saturated carbocycles. The van der Waals surface area contributed by atoms with E-state index in [2.05, 4.69) is 14.7 Å². The van der Waals surface area contributed by atoms with Crippen LogP contribution in [0.3, 0.4) is 0 Å². The summed E-state index contributed by atoms with van der Waals surface area (Å²) >= 11 is 0. The first-order chi connectivity index (χ1) is 9.79. The molecule has 110 valence electrons. The molecule has 0 aliphatic heterocycles. The number of nitro groups is 1. The Hall–Kier alpha value is -2.91. The fourth-order valence-electron chi connectivity index (χ4n) is 1.48. The number of hydrogen-bond acceptors (Lipinski definition) is 5.